The highest BCUT2D eigenvalue weighted by Gasteiger charge is 2.16. The first-order valence-electron chi connectivity index (χ1n) is 5.94. The lowest BCUT2D eigenvalue weighted by atomic mass is 10.1. The smallest absolute Gasteiger partial charge is 0.136 e. The monoisotopic (exact) mass is 334 g/mol. The summed E-state index contributed by atoms with van der Waals surface area (Å²) in [4.78, 5) is 8.59. The second kappa shape index (κ2) is 4.90. The van der Waals surface area contributed by atoms with Crippen molar-refractivity contribution in [3.63, 3.8) is 0 Å². The average molecular weight is 335 g/mol. The highest BCUT2D eigenvalue weighted by atomic mass is 79.9. The second-order valence-electron chi connectivity index (χ2n) is 4.40. The largest absolute Gasteiger partial charge is 0.255 e. The Morgan fingerprint density at radius 3 is 2.65 bits per heavy atom. The Morgan fingerprint density at radius 1 is 1.15 bits per heavy atom. The lowest BCUT2D eigenvalue weighted by Crippen LogP contribution is -1.96. The number of benzene rings is 1. The minimum Gasteiger partial charge on any atom is -0.255 e. The van der Waals surface area contributed by atoms with Gasteiger partial charge in [-0.3, -0.25) is 4.98 Å². The van der Waals surface area contributed by atoms with Gasteiger partial charge in [-0.1, -0.05) is 6.07 Å². The molecule has 0 aliphatic carbocycles. The van der Waals surface area contributed by atoms with Gasteiger partial charge in [0.1, 0.15) is 11.6 Å². The molecule has 0 bridgehead atoms. The zero-order valence-corrected chi connectivity index (χ0v) is 12.1. The average Bonchev–Trinajstić information content (AvgIpc) is 2.43. The van der Waals surface area contributed by atoms with E-state index in [-0.39, 0.29) is 10.9 Å². The van der Waals surface area contributed by atoms with Gasteiger partial charge in [-0.25, -0.2) is 13.8 Å². The maximum Gasteiger partial charge on any atom is 0.136 e. The zero-order valence-electron chi connectivity index (χ0n) is 10.5. The number of halogens is 3. The molecule has 2 heterocycles. The van der Waals surface area contributed by atoms with Crippen LogP contribution in [0.15, 0.2) is 41.0 Å². The van der Waals surface area contributed by atoms with E-state index in [2.05, 4.69) is 25.9 Å². The van der Waals surface area contributed by atoms with Crippen molar-refractivity contribution in [2.75, 3.05) is 0 Å². The van der Waals surface area contributed by atoms with Gasteiger partial charge < -0.3 is 0 Å². The molecule has 2 aromatic heterocycles. The van der Waals surface area contributed by atoms with E-state index >= 15 is 0 Å². The van der Waals surface area contributed by atoms with E-state index in [1.807, 2.05) is 19.1 Å². The summed E-state index contributed by atoms with van der Waals surface area (Å²) in [6, 6.07) is 7.52. The number of aromatic nitrogens is 2. The van der Waals surface area contributed by atoms with Crippen LogP contribution in [0.4, 0.5) is 8.78 Å². The molecule has 0 atom stereocenters. The van der Waals surface area contributed by atoms with Crippen LogP contribution in [0.1, 0.15) is 5.56 Å². The molecule has 0 aliphatic rings. The van der Waals surface area contributed by atoms with E-state index in [4.69, 9.17) is 0 Å². The number of hydrogen-bond acceptors (Lipinski definition) is 2. The van der Waals surface area contributed by atoms with Crippen LogP contribution in [0, 0.1) is 18.6 Å². The molecule has 0 spiro atoms. The Morgan fingerprint density at radius 2 is 1.95 bits per heavy atom. The molecule has 20 heavy (non-hydrogen) atoms. The molecule has 0 saturated heterocycles. The van der Waals surface area contributed by atoms with Crippen LogP contribution >= 0.6 is 15.9 Å². The summed E-state index contributed by atoms with van der Waals surface area (Å²) in [5, 5.41) is 0.281. The Bertz CT molecular complexity index is 804. The first-order valence-corrected chi connectivity index (χ1v) is 6.73. The molecular weight excluding hydrogens is 326 g/mol. The first kappa shape index (κ1) is 13.1. The zero-order chi connectivity index (χ0) is 14.3. The molecule has 0 unspecified atom stereocenters. The van der Waals surface area contributed by atoms with Gasteiger partial charge in [0.05, 0.1) is 22.3 Å². The van der Waals surface area contributed by atoms with E-state index in [1.165, 1.54) is 6.07 Å². The molecule has 1 aromatic carbocycles. The molecule has 0 radical (unpaired) electrons. The molecule has 0 saturated carbocycles. The van der Waals surface area contributed by atoms with E-state index in [9.17, 15) is 8.78 Å². The minimum atomic E-state index is -0.648. The third-order valence-corrected chi connectivity index (χ3v) is 4.07. The van der Waals surface area contributed by atoms with Crippen LogP contribution in [-0.2, 0) is 0 Å². The van der Waals surface area contributed by atoms with Crippen molar-refractivity contribution in [1.82, 2.24) is 9.97 Å². The summed E-state index contributed by atoms with van der Waals surface area (Å²) in [6.45, 7) is 1.82. The predicted octanol–water partition coefficient (Wildman–Crippen LogP) is 4.65. The van der Waals surface area contributed by atoms with E-state index in [1.54, 1.807) is 12.3 Å². The number of nitrogens with zero attached hydrogens (tertiary/aromatic N) is 2. The van der Waals surface area contributed by atoms with Gasteiger partial charge in [0, 0.05) is 22.8 Å². The van der Waals surface area contributed by atoms with Gasteiger partial charge in [0.25, 0.3) is 0 Å². The normalized spacial score (nSPS) is 11.0. The molecule has 0 fully saturated rings. The molecule has 5 heteroatoms. The van der Waals surface area contributed by atoms with Crippen molar-refractivity contribution in [3.8, 4) is 11.4 Å². The molecule has 100 valence electrons. The fraction of sp³-hybridized carbons (Fsp3) is 0.0667. The van der Waals surface area contributed by atoms with Crippen molar-refractivity contribution in [3.05, 3.63) is 58.2 Å². The lowest BCUT2D eigenvalue weighted by Gasteiger charge is -2.10. The van der Waals surface area contributed by atoms with Crippen LogP contribution in [0.25, 0.3) is 22.3 Å². The summed E-state index contributed by atoms with van der Waals surface area (Å²) in [5.41, 5.74) is 2.30. The lowest BCUT2D eigenvalue weighted by molar-refractivity contribution is 0.591. The number of rotatable bonds is 1. The summed E-state index contributed by atoms with van der Waals surface area (Å²) in [7, 11) is 0. The molecule has 0 N–H and O–H groups in total. The van der Waals surface area contributed by atoms with Gasteiger partial charge in [-0.2, -0.15) is 0 Å². The molecular formula is C15H9BrF2N2. The van der Waals surface area contributed by atoms with E-state index in [0.717, 1.165) is 11.6 Å². The Balaban J connectivity index is 2.39. The van der Waals surface area contributed by atoms with Crippen LogP contribution in [0.3, 0.4) is 0 Å². The third-order valence-electron chi connectivity index (χ3n) is 3.08. The fourth-order valence-corrected chi connectivity index (χ4v) is 2.69. The topological polar surface area (TPSA) is 25.8 Å². The number of hydrogen-bond donors (Lipinski definition) is 0. The summed E-state index contributed by atoms with van der Waals surface area (Å²) in [5.74, 6) is -1.28. The highest BCUT2D eigenvalue weighted by Crippen LogP contribution is 2.34. The SMILES string of the molecule is Cc1c(-c2ccccn2)nc2cc(F)cc(F)c2c1Br. The quantitative estimate of drug-likeness (QED) is 0.647. The van der Waals surface area contributed by atoms with Gasteiger partial charge in [-0.05, 0) is 40.5 Å². The first-order chi connectivity index (χ1) is 9.58. The van der Waals surface area contributed by atoms with Crippen LogP contribution in [-0.4, -0.2) is 9.97 Å². The van der Waals surface area contributed by atoms with E-state index in [0.29, 0.717) is 15.9 Å². The molecule has 3 rings (SSSR count). The number of fused-ring (bicyclic) bond motifs is 1. The van der Waals surface area contributed by atoms with Gasteiger partial charge in [0.2, 0.25) is 0 Å². The summed E-state index contributed by atoms with van der Waals surface area (Å²) < 4.78 is 27.8. The maximum absolute atomic E-state index is 13.9. The Labute approximate surface area is 122 Å². The van der Waals surface area contributed by atoms with Crippen molar-refractivity contribution >= 4 is 26.8 Å². The van der Waals surface area contributed by atoms with Crippen LogP contribution in [0.5, 0.6) is 0 Å². The van der Waals surface area contributed by atoms with Crippen LogP contribution in [0.2, 0.25) is 0 Å². The molecule has 0 amide bonds. The predicted molar refractivity (Wildman–Crippen MR) is 77.3 cm³/mol. The van der Waals surface area contributed by atoms with Crippen molar-refractivity contribution in [2.45, 2.75) is 6.92 Å². The summed E-state index contributed by atoms with van der Waals surface area (Å²) in [6.07, 6.45) is 1.65. The molecule has 2 nitrogen and oxygen atoms in total. The summed E-state index contributed by atoms with van der Waals surface area (Å²) >= 11 is 3.37. The van der Waals surface area contributed by atoms with E-state index < -0.39 is 11.6 Å². The highest BCUT2D eigenvalue weighted by molar-refractivity contribution is 9.10. The molecule has 3 aromatic rings. The second-order valence-corrected chi connectivity index (χ2v) is 5.19. The fourth-order valence-electron chi connectivity index (χ4n) is 2.11. The minimum absolute atomic E-state index is 0.264. The van der Waals surface area contributed by atoms with Gasteiger partial charge in [0.15, 0.2) is 0 Å². The van der Waals surface area contributed by atoms with Crippen molar-refractivity contribution in [1.29, 1.82) is 0 Å². The van der Waals surface area contributed by atoms with Crippen molar-refractivity contribution in [2.24, 2.45) is 0 Å². The van der Waals surface area contributed by atoms with Crippen LogP contribution < -0.4 is 0 Å². The Hall–Kier alpha value is -1.88. The third kappa shape index (κ3) is 2.08. The van der Waals surface area contributed by atoms with Crippen molar-refractivity contribution < 1.29 is 8.78 Å². The van der Waals surface area contributed by atoms with Gasteiger partial charge >= 0.3 is 0 Å². The molecule has 0 aliphatic heterocycles. The Kier molecular flexibility index (Phi) is 3.22. The maximum atomic E-state index is 13.9. The standard InChI is InChI=1S/C15H9BrF2N2/c1-8-14(16)13-10(18)6-9(17)7-12(13)20-15(8)11-4-2-3-5-19-11/h2-7H,1H3. The number of pyridine rings is 2. The van der Waals surface area contributed by atoms with Gasteiger partial charge in [-0.15, -0.1) is 0 Å².